The van der Waals surface area contributed by atoms with E-state index in [4.69, 9.17) is 4.74 Å². The molecule has 0 amide bonds. The van der Waals surface area contributed by atoms with Crippen molar-refractivity contribution in [1.29, 1.82) is 0 Å². The molecule has 0 radical (unpaired) electrons. The Hall–Kier alpha value is -0.450. The molecule has 1 atom stereocenters. The summed E-state index contributed by atoms with van der Waals surface area (Å²) in [6.07, 6.45) is 3.34. The fourth-order valence-electron chi connectivity index (χ4n) is 1.28. The van der Waals surface area contributed by atoms with Gasteiger partial charge in [-0.25, -0.2) is 4.98 Å². The van der Waals surface area contributed by atoms with Crippen LogP contribution in [-0.4, -0.2) is 24.2 Å². The molecule has 1 unspecified atom stereocenters. The highest BCUT2D eigenvalue weighted by atomic mass is 32.1. The van der Waals surface area contributed by atoms with Crippen LogP contribution in [0.25, 0.3) is 0 Å². The fourth-order valence-corrected chi connectivity index (χ4v) is 1.82. The van der Waals surface area contributed by atoms with Gasteiger partial charge in [-0.3, -0.25) is 0 Å². The summed E-state index contributed by atoms with van der Waals surface area (Å²) >= 11 is 1.65. The Morgan fingerprint density at radius 3 is 3.42 bits per heavy atom. The van der Waals surface area contributed by atoms with Crippen molar-refractivity contribution in [3.8, 4) is 0 Å². The lowest BCUT2D eigenvalue weighted by Gasteiger charge is -2.07. The van der Waals surface area contributed by atoms with Crippen LogP contribution < -0.4 is 5.32 Å². The third kappa shape index (κ3) is 2.03. The Labute approximate surface area is 75.8 Å². The normalized spacial score (nSPS) is 23.2. The fraction of sp³-hybridized carbons (Fsp3) is 0.625. The number of nitrogens with zero attached hydrogens (tertiary/aromatic N) is 1. The lowest BCUT2D eigenvalue weighted by Crippen LogP contribution is -2.16. The zero-order valence-electron chi connectivity index (χ0n) is 6.82. The molecule has 1 N–H and O–H groups in total. The number of rotatable bonds is 3. The summed E-state index contributed by atoms with van der Waals surface area (Å²) in [6, 6.07) is 0. The first-order valence-electron chi connectivity index (χ1n) is 4.16. The van der Waals surface area contributed by atoms with Crippen LogP contribution in [0.15, 0.2) is 11.6 Å². The van der Waals surface area contributed by atoms with Crippen LogP contribution >= 0.6 is 11.3 Å². The molecule has 1 aromatic rings. The lowest BCUT2D eigenvalue weighted by molar-refractivity contribution is 0.0541. The summed E-state index contributed by atoms with van der Waals surface area (Å²) in [5.41, 5.74) is 0. The van der Waals surface area contributed by atoms with E-state index in [1.807, 2.05) is 11.6 Å². The topological polar surface area (TPSA) is 34.1 Å². The maximum atomic E-state index is 5.63. The molecule has 3 nitrogen and oxygen atoms in total. The maximum absolute atomic E-state index is 5.63. The van der Waals surface area contributed by atoms with Crippen molar-refractivity contribution >= 4 is 11.3 Å². The molecule has 1 fully saturated rings. The molecule has 1 saturated heterocycles. The summed E-state index contributed by atoms with van der Waals surface area (Å²) in [5.74, 6) is 0. The van der Waals surface area contributed by atoms with Crippen molar-refractivity contribution in [2.24, 2.45) is 0 Å². The quantitative estimate of drug-likeness (QED) is 0.761. The minimum Gasteiger partial charge on any atom is -0.370 e. The van der Waals surface area contributed by atoms with Gasteiger partial charge in [-0.15, -0.1) is 11.3 Å². The molecule has 1 aromatic heterocycles. The van der Waals surface area contributed by atoms with Crippen LogP contribution in [0, 0.1) is 0 Å². The monoisotopic (exact) mass is 184 g/mol. The first-order chi connectivity index (χ1) is 5.95. The second-order valence-corrected chi connectivity index (χ2v) is 3.83. The molecule has 2 rings (SSSR count). The van der Waals surface area contributed by atoms with E-state index in [1.54, 1.807) is 11.3 Å². The standard InChI is InChI=1S/C8H12N2OS/c1-2-9-5-7(1)11-6-8-10-3-4-12-8/h3-4,7,9H,1-2,5-6H2. The van der Waals surface area contributed by atoms with Crippen molar-refractivity contribution in [3.05, 3.63) is 16.6 Å². The molecule has 66 valence electrons. The van der Waals surface area contributed by atoms with Crippen LogP contribution in [-0.2, 0) is 11.3 Å². The SMILES string of the molecule is c1csc(COC2CCNC2)n1. The average Bonchev–Trinajstić information content (AvgIpc) is 2.74. The largest absolute Gasteiger partial charge is 0.370 e. The Morgan fingerprint density at radius 2 is 2.75 bits per heavy atom. The van der Waals surface area contributed by atoms with Crippen LogP contribution in [0.3, 0.4) is 0 Å². The van der Waals surface area contributed by atoms with Gasteiger partial charge in [0.25, 0.3) is 0 Å². The van der Waals surface area contributed by atoms with Crippen LogP contribution in [0.1, 0.15) is 11.4 Å². The maximum Gasteiger partial charge on any atom is 0.118 e. The first kappa shape index (κ1) is 8.16. The summed E-state index contributed by atoms with van der Waals surface area (Å²) in [7, 11) is 0. The molecule has 2 heterocycles. The number of hydrogen-bond acceptors (Lipinski definition) is 4. The van der Waals surface area contributed by atoms with Crippen molar-refractivity contribution < 1.29 is 4.74 Å². The first-order valence-corrected chi connectivity index (χ1v) is 5.04. The highest BCUT2D eigenvalue weighted by Crippen LogP contribution is 2.10. The van der Waals surface area contributed by atoms with Gasteiger partial charge < -0.3 is 10.1 Å². The van der Waals surface area contributed by atoms with E-state index < -0.39 is 0 Å². The van der Waals surface area contributed by atoms with Crippen LogP contribution in [0.2, 0.25) is 0 Å². The van der Waals surface area contributed by atoms with Crippen LogP contribution in [0.4, 0.5) is 0 Å². The highest BCUT2D eigenvalue weighted by molar-refractivity contribution is 7.09. The van der Waals surface area contributed by atoms with Crippen LogP contribution in [0.5, 0.6) is 0 Å². The molecule has 0 bridgehead atoms. The Kier molecular flexibility index (Phi) is 2.71. The average molecular weight is 184 g/mol. The molecule has 0 aromatic carbocycles. The Bertz CT molecular complexity index is 219. The second kappa shape index (κ2) is 3.98. The smallest absolute Gasteiger partial charge is 0.118 e. The number of hydrogen-bond donors (Lipinski definition) is 1. The highest BCUT2D eigenvalue weighted by Gasteiger charge is 2.14. The van der Waals surface area contributed by atoms with Crippen molar-refractivity contribution in [2.75, 3.05) is 13.1 Å². The van der Waals surface area contributed by atoms with Gasteiger partial charge in [-0.2, -0.15) is 0 Å². The zero-order chi connectivity index (χ0) is 8.23. The summed E-state index contributed by atoms with van der Waals surface area (Å²) in [6.45, 7) is 2.75. The van der Waals surface area contributed by atoms with Gasteiger partial charge in [0, 0.05) is 18.1 Å². The van der Waals surface area contributed by atoms with Gasteiger partial charge in [0.05, 0.1) is 12.7 Å². The van der Waals surface area contributed by atoms with Gasteiger partial charge in [-0.05, 0) is 13.0 Å². The second-order valence-electron chi connectivity index (χ2n) is 2.85. The Balaban J connectivity index is 1.74. The van der Waals surface area contributed by atoms with Crippen molar-refractivity contribution in [3.63, 3.8) is 0 Å². The predicted molar refractivity (Wildman–Crippen MR) is 48.2 cm³/mol. The number of nitrogens with one attached hydrogen (secondary N) is 1. The van der Waals surface area contributed by atoms with E-state index in [0.29, 0.717) is 12.7 Å². The number of aromatic nitrogens is 1. The van der Waals surface area contributed by atoms with Gasteiger partial charge in [0.1, 0.15) is 5.01 Å². The van der Waals surface area contributed by atoms with Crippen molar-refractivity contribution in [1.82, 2.24) is 10.3 Å². The molecule has 12 heavy (non-hydrogen) atoms. The number of ether oxygens (including phenoxy) is 1. The van der Waals surface area contributed by atoms with Gasteiger partial charge in [-0.1, -0.05) is 0 Å². The molecule has 0 spiro atoms. The predicted octanol–water partition coefficient (Wildman–Crippen LogP) is 1.02. The zero-order valence-corrected chi connectivity index (χ0v) is 7.64. The van der Waals surface area contributed by atoms with E-state index in [2.05, 4.69) is 10.3 Å². The summed E-state index contributed by atoms with van der Waals surface area (Å²) < 4.78 is 5.63. The molecule has 0 saturated carbocycles. The van der Waals surface area contributed by atoms with Gasteiger partial charge >= 0.3 is 0 Å². The molecule has 0 aliphatic carbocycles. The summed E-state index contributed by atoms with van der Waals surface area (Å²) in [4.78, 5) is 4.15. The van der Waals surface area contributed by atoms with E-state index in [9.17, 15) is 0 Å². The molecular weight excluding hydrogens is 172 g/mol. The van der Waals surface area contributed by atoms with E-state index in [0.717, 1.165) is 24.5 Å². The molecule has 1 aliphatic heterocycles. The molecular formula is C8H12N2OS. The number of thiazole rings is 1. The van der Waals surface area contributed by atoms with E-state index in [1.165, 1.54) is 0 Å². The lowest BCUT2D eigenvalue weighted by atomic mass is 10.3. The third-order valence-corrected chi connectivity index (χ3v) is 2.69. The Morgan fingerprint density at radius 1 is 1.75 bits per heavy atom. The van der Waals surface area contributed by atoms with E-state index >= 15 is 0 Å². The van der Waals surface area contributed by atoms with Crippen molar-refractivity contribution in [2.45, 2.75) is 19.1 Å². The summed E-state index contributed by atoms with van der Waals surface area (Å²) in [5, 5.41) is 6.31. The molecule has 1 aliphatic rings. The minimum atomic E-state index is 0.397. The minimum absolute atomic E-state index is 0.397. The molecule has 4 heteroatoms. The van der Waals surface area contributed by atoms with Gasteiger partial charge in [0.15, 0.2) is 0 Å². The van der Waals surface area contributed by atoms with Gasteiger partial charge in [0.2, 0.25) is 0 Å². The van der Waals surface area contributed by atoms with E-state index in [-0.39, 0.29) is 0 Å². The third-order valence-electron chi connectivity index (χ3n) is 1.94.